The van der Waals surface area contributed by atoms with Crippen molar-refractivity contribution in [3.8, 4) is 0 Å². The molecular formula is C20H26N2OS. The van der Waals surface area contributed by atoms with Crippen LogP contribution in [0, 0.1) is 19.8 Å². The number of carbonyl (C=O) groups is 1. The Labute approximate surface area is 149 Å². The minimum absolute atomic E-state index is 0.0388. The summed E-state index contributed by atoms with van der Waals surface area (Å²) in [7, 11) is 0. The Balaban J connectivity index is 1.89. The zero-order chi connectivity index (χ0) is 17.5. The number of pyridine rings is 1. The van der Waals surface area contributed by atoms with E-state index in [9.17, 15) is 4.79 Å². The fourth-order valence-electron chi connectivity index (χ4n) is 2.52. The number of rotatable bonds is 7. The van der Waals surface area contributed by atoms with Gasteiger partial charge in [0.15, 0.2) is 0 Å². The van der Waals surface area contributed by atoms with Crippen LogP contribution in [-0.2, 0) is 4.79 Å². The number of hydrogen-bond donors (Lipinski definition) is 1. The summed E-state index contributed by atoms with van der Waals surface area (Å²) in [4.78, 5) is 18.0. The van der Waals surface area contributed by atoms with Gasteiger partial charge >= 0.3 is 0 Å². The molecule has 1 atom stereocenters. The van der Waals surface area contributed by atoms with Gasteiger partial charge in [0.1, 0.15) is 0 Å². The van der Waals surface area contributed by atoms with E-state index in [1.54, 1.807) is 18.0 Å². The monoisotopic (exact) mass is 342 g/mol. The maximum atomic E-state index is 12.3. The van der Waals surface area contributed by atoms with Crippen LogP contribution in [0.3, 0.4) is 0 Å². The summed E-state index contributed by atoms with van der Waals surface area (Å²) in [6.07, 6.45) is 2.30. The molecule has 3 nitrogen and oxygen atoms in total. The van der Waals surface area contributed by atoms with Gasteiger partial charge in [-0.1, -0.05) is 37.6 Å². The smallest absolute Gasteiger partial charge is 0.221 e. The third-order valence-corrected chi connectivity index (χ3v) is 4.96. The second-order valence-electron chi connectivity index (χ2n) is 6.41. The molecule has 24 heavy (non-hydrogen) atoms. The number of thioether (sulfide) groups is 1. The Hall–Kier alpha value is -1.81. The molecule has 1 unspecified atom stereocenters. The van der Waals surface area contributed by atoms with Gasteiger partial charge in [-0.3, -0.25) is 9.78 Å². The first-order chi connectivity index (χ1) is 11.5. The van der Waals surface area contributed by atoms with Crippen LogP contribution >= 0.6 is 11.8 Å². The molecule has 1 heterocycles. The van der Waals surface area contributed by atoms with E-state index in [1.807, 2.05) is 19.1 Å². The molecule has 0 saturated heterocycles. The van der Waals surface area contributed by atoms with Gasteiger partial charge in [-0.15, -0.1) is 11.8 Å². The minimum atomic E-state index is -0.0388. The molecule has 0 aliphatic rings. The molecule has 2 aromatic rings. The average molecular weight is 343 g/mol. The number of nitrogens with zero attached hydrogens (tertiary/aromatic N) is 1. The van der Waals surface area contributed by atoms with Gasteiger partial charge in [0.25, 0.3) is 0 Å². The van der Waals surface area contributed by atoms with Crippen LogP contribution in [0.25, 0.3) is 0 Å². The lowest BCUT2D eigenvalue weighted by Gasteiger charge is -2.23. The average Bonchev–Trinajstić information content (AvgIpc) is 2.55. The molecule has 1 N–H and O–H groups in total. The minimum Gasteiger partial charge on any atom is -0.347 e. The van der Waals surface area contributed by atoms with Gasteiger partial charge in [-0.05, 0) is 43.5 Å². The SMILES string of the molecule is Cc1ccc(SCCC(=O)NC(c2ncccc2C)C(C)C)cc1. The lowest BCUT2D eigenvalue weighted by atomic mass is 9.97. The van der Waals surface area contributed by atoms with Gasteiger partial charge in [0.2, 0.25) is 5.91 Å². The third kappa shape index (κ3) is 5.38. The highest BCUT2D eigenvalue weighted by molar-refractivity contribution is 7.99. The van der Waals surface area contributed by atoms with Crippen molar-refractivity contribution in [3.63, 3.8) is 0 Å². The van der Waals surface area contributed by atoms with Crippen molar-refractivity contribution in [3.05, 3.63) is 59.4 Å². The quantitative estimate of drug-likeness (QED) is 0.742. The molecule has 128 valence electrons. The molecule has 4 heteroatoms. The highest BCUT2D eigenvalue weighted by Gasteiger charge is 2.20. The fraction of sp³-hybridized carbons (Fsp3) is 0.400. The Bertz CT molecular complexity index is 668. The standard InChI is InChI=1S/C20H26N2OS/c1-14(2)19(20-16(4)6-5-12-21-20)22-18(23)11-13-24-17-9-7-15(3)8-10-17/h5-10,12,14,19H,11,13H2,1-4H3,(H,22,23). The maximum Gasteiger partial charge on any atom is 0.221 e. The normalized spacial score (nSPS) is 12.2. The van der Waals surface area contributed by atoms with Crippen molar-refractivity contribution in [1.82, 2.24) is 10.3 Å². The molecule has 0 spiro atoms. The van der Waals surface area contributed by atoms with Crippen molar-refractivity contribution < 1.29 is 4.79 Å². The number of nitrogens with one attached hydrogen (secondary N) is 1. The predicted octanol–water partition coefficient (Wildman–Crippen LogP) is 4.69. The largest absolute Gasteiger partial charge is 0.347 e. The van der Waals surface area contributed by atoms with Gasteiger partial charge < -0.3 is 5.32 Å². The van der Waals surface area contributed by atoms with Crippen LogP contribution in [-0.4, -0.2) is 16.6 Å². The molecule has 0 aliphatic heterocycles. The second kappa shape index (κ2) is 8.88. The van der Waals surface area contributed by atoms with Crippen LogP contribution in [0.1, 0.15) is 43.1 Å². The fourth-order valence-corrected chi connectivity index (χ4v) is 3.37. The molecule has 0 radical (unpaired) electrons. The molecule has 1 amide bonds. The molecule has 1 aromatic carbocycles. The van der Waals surface area contributed by atoms with Gasteiger partial charge in [0.05, 0.1) is 11.7 Å². The summed E-state index contributed by atoms with van der Waals surface area (Å²) < 4.78 is 0. The predicted molar refractivity (Wildman–Crippen MR) is 101 cm³/mol. The Kier molecular flexibility index (Phi) is 6.85. The van der Waals surface area contributed by atoms with E-state index < -0.39 is 0 Å². The molecular weight excluding hydrogens is 316 g/mol. The van der Waals surface area contributed by atoms with E-state index in [-0.39, 0.29) is 11.9 Å². The van der Waals surface area contributed by atoms with Crippen molar-refractivity contribution in [2.24, 2.45) is 5.92 Å². The van der Waals surface area contributed by atoms with Crippen LogP contribution < -0.4 is 5.32 Å². The zero-order valence-electron chi connectivity index (χ0n) is 14.9. The molecule has 2 rings (SSSR count). The molecule has 0 fully saturated rings. The summed E-state index contributed by atoms with van der Waals surface area (Å²) in [6.45, 7) is 8.34. The van der Waals surface area contributed by atoms with Crippen LogP contribution in [0.2, 0.25) is 0 Å². The summed E-state index contributed by atoms with van der Waals surface area (Å²) in [5, 5.41) is 3.15. The third-order valence-electron chi connectivity index (χ3n) is 3.95. The topological polar surface area (TPSA) is 42.0 Å². The van der Waals surface area contributed by atoms with Crippen LogP contribution in [0.15, 0.2) is 47.5 Å². The highest BCUT2D eigenvalue weighted by atomic mass is 32.2. The number of carbonyl (C=O) groups excluding carboxylic acids is 1. The van der Waals surface area contributed by atoms with Gasteiger partial charge in [-0.25, -0.2) is 0 Å². The molecule has 0 bridgehead atoms. The Morgan fingerprint density at radius 3 is 2.50 bits per heavy atom. The zero-order valence-corrected chi connectivity index (χ0v) is 15.7. The van der Waals surface area contributed by atoms with Gasteiger partial charge in [0, 0.05) is 23.3 Å². The Morgan fingerprint density at radius 1 is 1.17 bits per heavy atom. The first-order valence-corrected chi connectivity index (χ1v) is 9.36. The lowest BCUT2D eigenvalue weighted by Crippen LogP contribution is -2.33. The number of amides is 1. The van der Waals surface area contributed by atoms with E-state index in [4.69, 9.17) is 0 Å². The van der Waals surface area contributed by atoms with Crippen molar-refractivity contribution >= 4 is 17.7 Å². The molecule has 0 aliphatic carbocycles. The van der Waals surface area contributed by atoms with Crippen molar-refractivity contribution in [1.29, 1.82) is 0 Å². The van der Waals surface area contributed by atoms with Crippen molar-refractivity contribution in [2.45, 2.75) is 45.1 Å². The van der Waals surface area contributed by atoms with Crippen LogP contribution in [0.4, 0.5) is 0 Å². The Morgan fingerprint density at radius 2 is 1.88 bits per heavy atom. The lowest BCUT2D eigenvalue weighted by molar-refractivity contribution is -0.121. The second-order valence-corrected chi connectivity index (χ2v) is 7.57. The summed E-state index contributed by atoms with van der Waals surface area (Å²) >= 11 is 1.72. The highest BCUT2D eigenvalue weighted by Crippen LogP contribution is 2.23. The molecule has 1 aromatic heterocycles. The molecule has 0 saturated carbocycles. The number of hydrogen-bond acceptors (Lipinski definition) is 3. The summed E-state index contributed by atoms with van der Waals surface area (Å²) in [5.74, 6) is 1.16. The summed E-state index contributed by atoms with van der Waals surface area (Å²) in [5.41, 5.74) is 3.33. The first-order valence-electron chi connectivity index (χ1n) is 8.37. The maximum absolute atomic E-state index is 12.3. The number of aromatic nitrogens is 1. The van der Waals surface area contributed by atoms with E-state index in [2.05, 4.69) is 55.3 Å². The van der Waals surface area contributed by atoms with E-state index in [1.165, 1.54) is 10.5 Å². The van der Waals surface area contributed by atoms with E-state index in [0.717, 1.165) is 17.0 Å². The number of benzene rings is 1. The van der Waals surface area contributed by atoms with E-state index >= 15 is 0 Å². The number of aryl methyl sites for hydroxylation is 2. The van der Waals surface area contributed by atoms with E-state index in [0.29, 0.717) is 12.3 Å². The van der Waals surface area contributed by atoms with Crippen LogP contribution in [0.5, 0.6) is 0 Å². The van der Waals surface area contributed by atoms with Crippen molar-refractivity contribution in [2.75, 3.05) is 5.75 Å². The van der Waals surface area contributed by atoms with Gasteiger partial charge in [-0.2, -0.15) is 0 Å². The summed E-state index contributed by atoms with van der Waals surface area (Å²) in [6, 6.07) is 12.3. The first kappa shape index (κ1) is 18.5.